The van der Waals surface area contributed by atoms with Crippen molar-refractivity contribution in [3.05, 3.63) is 48.8 Å². The molecule has 0 fully saturated rings. The molecule has 0 aliphatic heterocycles. The van der Waals surface area contributed by atoms with Crippen LogP contribution in [0.4, 0.5) is 0 Å². The van der Waals surface area contributed by atoms with E-state index in [9.17, 15) is 4.79 Å². The van der Waals surface area contributed by atoms with Gasteiger partial charge in [0.2, 0.25) is 0 Å². The van der Waals surface area contributed by atoms with Gasteiger partial charge in [0.15, 0.2) is 0 Å². The van der Waals surface area contributed by atoms with Gasteiger partial charge in [-0.25, -0.2) is 4.98 Å². The van der Waals surface area contributed by atoms with E-state index >= 15 is 0 Å². The molecular formula is C9H7IN2OS. The normalized spacial score (nSPS) is 10.4. The molecule has 0 bridgehead atoms. The van der Waals surface area contributed by atoms with Crippen LogP contribution in [-0.4, -0.2) is 9.55 Å². The lowest BCUT2D eigenvalue weighted by Gasteiger charge is -2.02. The topological polar surface area (TPSA) is 34.9 Å². The lowest BCUT2D eigenvalue weighted by Crippen LogP contribution is -2.22. The van der Waals surface area contributed by atoms with E-state index < -0.39 is 0 Å². The summed E-state index contributed by atoms with van der Waals surface area (Å²) >= 11 is 3.63. The maximum Gasteiger partial charge on any atom is 0.267 e. The number of thiophene rings is 1. The molecule has 5 heteroatoms. The minimum absolute atomic E-state index is 0.0202. The molecule has 0 aliphatic carbocycles. The number of halogens is 1. The average molecular weight is 318 g/mol. The van der Waals surface area contributed by atoms with E-state index in [1.54, 1.807) is 28.4 Å². The molecule has 72 valence electrons. The molecule has 0 amide bonds. The monoisotopic (exact) mass is 318 g/mol. The standard InChI is InChI=1S/C9H7IN2OS/c10-8-3-11-6-12(9(8)13)4-7-1-2-14-5-7/h1-3,5-6H,4H2. The fraction of sp³-hybridized carbons (Fsp3) is 0.111. The van der Waals surface area contributed by atoms with Gasteiger partial charge in [-0.2, -0.15) is 11.3 Å². The summed E-state index contributed by atoms with van der Waals surface area (Å²) in [5.74, 6) is 0. The van der Waals surface area contributed by atoms with Gasteiger partial charge in [0.1, 0.15) is 0 Å². The molecule has 0 atom stereocenters. The Bertz CT molecular complexity index is 478. The van der Waals surface area contributed by atoms with Gasteiger partial charge < -0.3 is 0 Å². The molecule has 2 rings (SSSR count). The van der Waals surface area contributed by atoms with Gasteiger partial charge in [0, 0.05) is 6.20 Å². The van der Waals surface area contributed by atoms with Crippen molar-refractivity contribution in [3.8, 4) is 0 Å². The van der Waals surface area contributed by atoms with E-state index in [4.69, 9.17) is 0 Å². The third kappa shape index (κ3) is 2.03. The highest BCUT2D eigenvalue weighted by molar-refractivity contribution is 14.1. The molecule has 0 spiro atoms. The Morgan fingerprint density at radius 3 is 3.14 bits per heavy atom. The van der Waals surface area contributed by atoms with Crippen molar-refractivity contribution in [2.75, 3.05) is 0 Å². The molecule has 0 aromatic carbocycles. The zero-order chi connectivity index (χ0) is 9.97. The highest BCUT2D eigenvalue weighted by atomic mass is 127. The second kappa shape index (κ2) is 4.22. The molecule has 3 nitrogen and oxygen atoms in total. The molecule has 2 heterocycles. The van der Waals surface area contributed by atoms with Gasteiger partial charge in [0.25, 0.3) is 5.56 Å². The van der Waals surface area contributed by atoms with Gasteiger partial charge in [0.05, 0.1) is 16.4 Å². The largest absolute Gasteiger partial charge is 0.294 e. The van der Waals surface area contributed by atoms with Crippen molar-refractivity contribution in [2.24, 2.45) is 0 Å². The van der Waals surface area contributed by atoms with Crippen LogP contribution >= 0.6 is 33.9 Å². The fourth-order valence-electron chi connectivity index (χ4n) is 1.12. The van der Waals surface area contributed by atoms with Crippen molar-refractivity contribution < 1.29 is 0 Å². The molecule has 0 radical (unpaired) electrons. The predicted molar refractivity (Wildman–Crippen MR) is 64.6 cm³/mol. The summed E-state index contributed by atoms with van der Waals surface area (Å²) in [5.41, 5.74) is 1.16. The SMILES string of the molecule is O=c1c(I)cncn1Cc1ccsc1. The zero-order valence-electron chi connectivity index (χ0n) is 7.18. The van der Waals surface area contributed by atoms with E-state index in [-0.39, 0.29) is 5.56 Å². The Morgan fingerprint density at radius 2 is 2.43 bits per heavy atom. The molecule has 0 unspecified atom stereocenters. The van der Waals surface area contributed by atoms with Gasteiger partial charge in [-0.3, -0.25) is 9.36 Å². The van der Waals surface area contributed by atoms with Crippen LogP contribution in [0.2, 0.25) is 0 Å². The van der Waals surface area contributed by atoms with Crippen LogP contribution in [0.3, 0.4) is 0 Å². The Hall–Kier alpha value is -0.690. The Morgan fingerprint density at radius 1 is 1.57 bits per heavy atom. The van der Waals surface area contributed by atoms with Crippen LogP contribution in [0.1, 0.15) is 5.56 Å². The van der Waals surface area contributed by atoms with Crippen molar-refractivity contribution in [1.29, 1.82) is 0 Å². The Labute approximate surface area is 98.6 Å². The van der Waals surface area contributed by atoms with Crippen LogP contribution in [0, 0.1) is 3.57 Å². The highest BCUT2D eigenvalue weighted by Gasteiger charge is 2.01. The van der Waals surface area contributed by atoms with E-state index in [0.29, 0.717) is 10.1 Å². The average Bonchev–Trinajstić information content (AvgIpc) is 2.66. The van der Waals surface area contributed by atoms with Gasteiger partial charge in [-0.1, -0.05) is 0 Å². The van der Waals surface area contributed by atoms with E-state index in [1.165, 1.54) is 0 Å². The van der Waals surface area contributed by atoms with Crippen molar-refractivity contribution >= 4 is 33.9 Å². The van der Waals surface area contributed by atoms with Gasteiger partial charge >= 0.3 is 0 Å². The molecule has 2 aromatic heterocycles. The second-order valence-corrected chi connectivity index (χ2v) is 4.75. The third-order valence-electron chi connectivity index (χ3n) is 1.79. The van der Waals surface area contributed by atoms with Gasteiger partial charge in [-0.05, 0) is 45.0 Å². The Balaban J connectivity index is 2.34. The highest BCUT2D eigenvalue weighted by Crippen LogP contribution is 2.06. The number of aromatic nitrogens is 2. The van der Waals surface area contributed by atoms with Crippen LogP contribution in [0.15, 0.2) is 34.1 Å². The lowest BCUT2D eigenvalue weighted by molar-refractivity contribution is 0.732. The van der Waals surface area contributed by atoms with Crippen molar-refractivity contribution in [1.82, 2.24) is 9.55 Å². The molecule has 14 heavy (non-hydrogen) atoms. The number of rotatable bonds is 2. The van der Waals surface area contributed by atoms with Crippen molar-refractivity contribution in [3.63, 3.8) is 0 Å². The molecule has 0 aliphatic rings. The third-order valence-corrected chi connectivity index (χ3v) is 3.26. The second-order valence-electron chi connectivity index (χ2n) is 2.81. The van der Waals surface area contributed by atoms with E-state index in [1.807, 2.05) is 39.4 Å². The molecular weight excluding hydrogens is 311 g/mol. The molecule has 0 saturated heterocycles. The predicted octanol–water partition coefficient (Wildman–Crippen LogP) is 1.96. The number of hydrogen-bond donors (Lipinski definition) is 0. The summed E-state index contributed by atoms with van der Waals surface area (Å²) in [6, 6.07) is 2.01. The minimum Gasteiger partial charge on any atom is -0.294 e. The summed E-state index contributed by atoms with van der Waals surface area (Å²) in [7, 11) is 0. The van der Waals surface area contributed by atoms with Crippen LogP contribution in [0.25, 0.3) is 0 Å². The first-order valence-electron chi connectivity index (χ1n) is 3.98. The zero-order valence-corrected chi connectivity index (χ0v) is 10.2. The van der Waals surface area contributed by atoms with Crippen LogP contribution in [-0.2, 0) is 6.54 Å². The number of nitrogens with zero attached hydrogens (tertiary/aromatic N) is 2. The van der Waals surface area contributed by atoms with Gasteiger partial charge in [-0.15, -0.1) is 0 Å². The lowest BCUT2D eigenvalue weighted by atomic mass is 10.3. The fourth-order valence-corrected chi connectivity index (χ4v) is 2.25. The minimum atomic E-state index is 0.0202. The molecule has 2 aromatic rings. The maximum absolute atomic E-state index is 11.6. The summed E-state index contributed by atoms with van der Waals surface area (Å²) in [5, 5.41) is 4.04. The van der Waals surface area contributed by atoms with Crippen molar-refractivity contribution in [2.45, 2.75) is 6.54 Å². The number of hydrogen-bond acceptors (Lipinski definition) is 3. The van der Waals surface area contributed by atoms with Crippen LogP contribution in [0.5, 0.6) is 0 Å². The van der Waals surface area contributed by atoms with E-state index in [2.05, 4.69) is 4.98 Å². The first kappa shape index (κ1) is 9.85. The first-order chi connectivity index (χ1) is 6.77. The summed E-state index contributed by atoms with van der Waals surface area (Å²) in [6.07, 6.45) is 3.15. The maximum atomic E-state index is 11.6. The molecule has 0 saturated carbocycles. The van der Waals surface area contributed by atoms with E-state index in [0.717, 1.165) is 5.56 Å². The Kier molecular flexibility index (Phi) is 2.97. The summed E-state index contributed by atoms with van der Waals surface area (Å²) in [6.45, 7) is 0.603. The smallest absolute Gasteiger partial charge is 0.267 e. The first-order valence-corrected chi connectivity index (χ1v) is 6.00. The summed E-state index contributed by atoms with van der Waals surface area (Å²) < 4.78 is 2.27. The van der Waals surface area contributed by atoms with Crippen LogP contribution < -0.4 is 5.56 Å². The quantitative estimate of drug-likeness (QED) is 0.794. The summed E-state index contributed by atoms with van der Waals surface area (Å²) in [4.78, 5) is 15.6. The molecule has 0 N–H and O–H groups in total.